The summed E-state index contributed by atoms with van der Waals surface area (Å²) in [6, 6.07) is 7.97. The molecule has 1 amide bonds. The maximum Gasteiger partial charge on any atom is 0.409 e. The second-order valence-corrected chi connectivity index (χ2v) is 5.08. The van der Waals surface area contributed by atoms with Gasteiger partial charge in [0.1, 0.15) is 0 Å². The standard InChI is InChI=1S/C14H18N2O3/c17-14(18)16-10-12-6-2-1-5-11(12)9-13(16)19-15-7-3-4-8-15/h1-2,5-6,13H,3-4,7-10H2,(H,17,18)/t13-/m1/s1. The second kappa shape index (κ2) is 5.19. The van der Waals surface area contributed by atoms with Gasteiger partial charge in [0.15, 0.2) is 6.23 Å². The number of hydrogen-bond donors (Lipinski definition) is 1. The van der Waals surface area contributed by atoms with Gasteiger partial charge in [0, 0.05) is 19.5 Å². The van der Waals surface area contributed by atoms with E-state index >= 15 is 0 Å². The van der Waals surface area contributed by atoms with Crippen LogP contribution in [0.3, 0.4) is 0 Å². The van der Waals surface area contributed by atoms with Crippen LogP contribution in [0.2, 0.25) is 0 Å². The van der Waals surface area contributed by atoms with Crippen molar-refractivity contribution in [2.75, 3.05) is 13.1 Å². The van der Waals surface area contributed by atoms with Crippen molar-refractivity contribution < 1.29 is 14.7 Å². The molecule has 0 bridgehead atoms. The van der Waals surface area contributed by atoms with Gasteiger partial charge in [0.25, 0.3) is 0 Å². The summed E-state index contributed by atoms with van der Waals surface area (Å²) in [5, 5.41) is 11.2. The highest BCUT2D eigenvalue weighted by atomic mass is 16.7. The number of carbonyl (C=O) groups is 1. The van der Waals surface area contributed by atoms with Crippen molar-refractivity contribution in [3.63, 3.8) is 0 Å². The summed E-state index contributed by atoms with van der Waals surface area (Å²) in [6.07, 6.45) is 1.55. The van der Waals surface area contributed by atoms with Gasteiger partial charge in [-0.15, -0.1) is 0 Å². The average molecular weight is 262 g/mol. The Balaban J connectivity index is 1.79. The summed E-state index contributed by atoms with van der Waals surface area (Å²) >= 11 is 0. The molecule has 1 fully saturated rings. The molecular formula is C14H18N2O3. The monoisotopic (exact) mass is 262 g/mol. The first-order valence-electron chi connectivity index (χ1n) is 6.72. The van der Waals surface area contributed by atoms with Gasteiger partial charge in [0.05, 0.1) is 6.54 Å². The van der Waals surface area contributed by atoms with Crippen LogP contribution in [0.15, 0.2) is 24.3 Å². The molecule has 102 valence electrons. The zero-order valence-electron chi connectivity index (χ0n) is 10.8. The first-order valence-corrected chi connectivity index (χ1v) is 6.72. The maximum absolute atomic E-state index is 11.4. The smallest absolute Gasteiger partial charge is 0.409 e. The molecule has 0 unspecified atom stereocenters. The Morgan fingerprint density at radius 1 is 1.21 bits per heavy atom. The van der Waals surface area contributed by atoms with Crippen LogP contribution in [0.5, 0.6) is 0 Å². The highest BCUT2D eigenvalue weighted by Crippen LogP contribution is 2.25. The highest BCUT2D eigenvalue weighted by Gasteiger charge is 2.32. The van der Waals surface area contributed by atoms with Gasteiger partial charge in [-0.1, -0.05) is 24.3 Å². The molecule has 5 heteroatoms. The molecule has 0 aliphatic carbocycles. The quantitative estimate of drug-likeness (QED) is 0.886. The minimum absolute atomic E-state index is 0.398. The number of amides is 1. The number of carboxylic acid groups (broad SMARTS) is 1. The zero-order valence-corrected chi connectivity index (χ0v) is 10.8. The summed E-state index contributed by atoms with van der Waals surface area (Å²) in [7, 11) is 0. The van der Waals surface area contributed by atoms with E-state index in [1.54, 1.807) is 0 Å². The number of nitrogens with zero attached hydrogens (tertiary/aromatic N) is 2. The van der Waals surface area contributed by atoms with Gasteiger partial charge in [0.2, 0.25) is 0 Å². The van der Waals surface area contributed by atoms with Crippen molar-refractivity contribution in [3.8, 4) is 0 Å². The average Bonchev–Trinajstić information content (AvgIpc) is 2.90. The van der Waals surface area contributed by atoms with Gasteiger partial charge in [-0.3, -0.25) is 9.74 Å². The summed E-state index contributed by atoms with van der Waals surface area (Å²) < 4.78 is 0. The Bertz CT molecular complexity index is 472. The molecule has 1 aromatic rings. The first kappa shape index (κ1) is 12.4. The van der Waals surface area contributed by atoms with Gasteiger partial charge >= 0.3 is 6.09 Å². The molecule has 1 aromatic carbocycles. The third-order valence-corrected chi connectivity index (χ3v) is 3.78. The van der Waals surface area contributed by atoms with E-state index in [-0.39, 0.29) is 0 Å². The Morgan fingerprint density at radius 2 is 1.89 bits per heavy atom. The second-order valence-electron chi connectivity index (χ2n) is 5.08. The fourth-order valence-corrected chi connectivity index (χ4v) is 2.75. The lowest BCUT2D eigenvalue weighted by molar-refractivity contribution is -0.225. The fraction of sp³-hybridized carbons (Fsp3) is 0.500. The zero-order chi connectivity index (χ0) is 13.2. The van der Waals surface area contributed by atoms with Crippen LogP contribution in [0.25, 0.3) is 0 Å². The van der Waals surface area contributed by atoms with Crippen molar-refractivity contribution in [1.82, 2.24) is 9.96 Å². The van der Waals surface area contributed by atoms with E-state index in [0.717, 1.165) is 31.5 Å². The third kappa shape index (κ3) is 2.57. The molecule has 2 aliphatic heterocycles. The molecule has 0 radical (unpaired) electrons. The lowest BCUT2D eigenvalue weighted by atomic mass is 9.99. The topological polar surface area (TPSA) is 53.0 Å². The van der Waals surface area contributed by atoms with Crippen molar-refractivity contribution in [3.05, 3.63) is 35.4 Å². The molecule has 2 aliphatic rings. The first-order chi connectivity index (χ1) is 9.24. The maximum atomic E-state index is 11.4. The molecule has 1 atom stereocenters. The largest absolute Gasteiger partial charge is 0.465 e. The Kier molecular flexibility index (Phi) is 3.40. The minimum atomic E-state index is -0.918. The van der Waals surface area contributed by atoms with Crippen LogP contribution in [0, 0.1) is 0 Å². The third-order valence-electron chi connectivity index (χ3n) is 3.78. The van der Waals surface area contributed by atoms with Gasteiger partial charge < -0.3 is 5.11 Å². The minimum Gasteiger partial charge on any atom is -0.465 e. The van der Waals surface area contributed by atoms with Crippen molar-refractivity contribution in [1.29, 1.82) is 0 Å². The molecule has 0 saturated carbocycles. The van der Waals surface area contributed by atoms with Gasteiger partial charge in [-0.05, 0) is 24.0 Å². The van der Waals surface area contributed by atoms with E-state index in [0.29, 0.717) is 13.0 Å². The Morgan fingerprint density at radius 3 is 2.58 bits per heavy atom. The van der Waals surface area contributed by atoms with Crippen molar-refractivity contribution in [2.45, 2.75) is 32.0 Å². The summed E-state index contributed by atoms with van der Waals surface area (Å²) in [5.74, 6) is 0. The lowest BCUT2D eigenvalue weighted by Crippen LogP contribution is -2.47. The van der Waals surface area contributed by atoms with Crippen molar-refractivity contribution >= 4 is 6.09 Å². The van der Waals surface area contributed by atoms with Crippen LogP contribution < -0.4 is 0 Å². The van der Waals surface area contributed by atoms with Gasteiger partial charge in [-0.25, -0.2) is 4.79 Å². The molecule has 19 heavy (non-hydrogen) atoms. The fourth-order valence-electron chi connectivity index (χ4n) is 2.75. The molecule has 0 aromatic heterocycles. The van der Waals surface area contributed by atoms with Crippen LogP contribution in [-0.4, -0.2) is 40.5 Å². The molecule has 1 N–H and O–H groups in total. The van der Waals surface area contributed by atoms with E-state index in [9.17, 15) is 9.90 Å². The molecule has 0 spiro atoms. The van der Waals surface area contributed by atoms with Gasteiger partial charge in [-0.2, -0.15) is 5.06 Å². The number of fused-ring (bicyclic) bond motifs is 1. The van der Waals surface area contributed by atoms with E-state index in [1.165, 1.54) is 10.5 Å². The highest BCUT2D eigenvalue weighted by molar-refractivity contribution is 5.66. The molecule has 3 rings (SSSR count). The number of rotatable bonds is 2. The Labute approximate surface area is 112 Å². The molecular weight excluding hydrogens is 244 g/mol. The summed E-state index contributed by atoms with van der Waals surface area (Å²) in [4.78, 5) is 18.6. The predicted octanol–water partition coefficient (Wildman–Crippen LogP) is 2.08. The van der Waals surface area contributed by atoms with E-state index in [1.807, 2.05) is 23.3 Å². The van der Waals surface area contributed by atoms with E-state index in [4.69, 9.17) is 4.84 Å². The summed E-state index contributed by atoms with van der Waals surface area (Å²) in [6.45, 7) is 2.20. The summed E-state index contributed by atoms with van der Waals surface area (Å²) in [5.41, 5.74) is 2.26. The van der Waals surface area contributed by atoms with E-state index < -0.39 is 12.3 Å². The molecule has 5 nitrogen and oxygen atoms in total. The van der Waals surface area contributed by atoms with Crippen LogP contribution in [0.1, 0.15) is 24.0 Å². The van der Waals surface area contributed by atoms with Crippen LogP contribution >= 0.6 is 0 Å². The normalized spacial score (nSPS) is 23.4. The van der Waals surface area contributed by atoms with E-state index in [2.05, 4.69) is 6.07 Å². The lowest BCUT2D eigenvalue weighted by Gasteiger charge is -2.36. The molecule has 2 heterocycles. The Hall–Kier alpha value is -1.59. The molecule has 1 saturated heterocycles. The van der Waals surface area contributed by atoms with Crippen LogP contribution in [0.4, 0.5) is 4.79 Å². The van der Waals surface area contributed by atoms with Crippen LogP contribution in [-0.2, 0) is 17.8 Å². The number of benzene rings is 1. The number of hydroxylamine groups is 2. The SMILES string of the molecule is O=C(O)N1Cc2ccccc2C[C@H]1ON1CCCC1. The van der Waals surface area contributed by atoms with Crippen molar-refractivity contribution in [2.24, 2.45) is 0 Å². The number of hydrogen-bond acceptors (Lipinski definition) is 3. The predicted molar refractivity (Wildman–Crippen MR) is 69.4 cm³/mol.